The molecule has 31 heavy (non-hydrogen) atoms. The van der Waals surface area contributed by atoms with E-state index in [0.717, 1.165) is 43.2 Å². The molecule has 3 aromatic rings. The Balaban J connectivity index is 0.00000171. The van der Waals surface area contributed by atoms with Gasteiger partial charge >= 0.3 is 0 Å². The Labute approximate surface area is 196 Å². The van der Waals surface area contributed by atoms with E-state index < -0.39 is 0 Å². The van der Waals surface area contributed by atoms with Crippen LogP contribution in [-0.4, -0.2) is 31.1 Å². The molecule has 0 unspecified atom stereocenters. The molecule has 0 aromatic heterocycles. The summed E-state index contributed by atoms with van der Waals surface area (Å²) < 4.78 is 12.3. The van der Waals surface area contributed by atoms with Crippen molar-refractivity contribution in [2.24, 2.45) is 0 Å². The van der Waals surface area contributed by atoms with Crippen molar-refractivity contribution in [2.45, 2.75) is 6.04 Å². The third-order valence-electron chi connectivity index (χ3n) is 5.02. The van der Waals surface area contributed by atoms with Crippen molar-refractivity contribution in [3.63, 3.8) is 0 Å². The van der Waals surface area contributed by atoms with Gasteiger partial charge in [-0.2, -0.15) is 0 Å². The second-order valence-electron chi connectivity index (χ2n) is 7.00. The highest BCUT2D eigenvalue weighted by molar-refractivity contribution is 5.85. The van der Waals surface area contributed by atoms with Gasteiger partial charge in [0.25, 0.3) is 0 Å². The summed E-state index contributed by atoms with van der Waals surface area (Å²) in [5, 5.41) is 3.40. The Hall–Kier alpha value is -2.50. The zero-order valence-electron chi connectivity index (χ0n) is 17.3. The summed E-state index contributed by atoms with van der Waals surface area (Å²) in [7, 11) is 0. The molecule has 164 valence electrons. The Bertz CT molecular complexity index is 933. The van der Waals surface area contributed by atoms with Crippen LogP contribution in [0, 0.1) is 0 Å². The molecular formula is C25H28Cl2N2O2. The Morgan fingerprint density at radius 2 is 1.32 bits per heavy atom. The minimum absolute atomic E-state index is 0. The van der Waals surface area contributed by atoms with Crippen LogP contribution in [0.15, 0.2) is 91.5 Å². The monoisotopic (exact) mass is 458 g/mol. The lowest BCUT2D eigenvalue weighted by Gasteiger charge is -2.33. The van der Waals surface area contributed by atoms with Gasteiger partial charge in [0.15, 0.2) is 11.5 Å². The van der Waals surface area contributed by atoms with E-state index >= 15 is 0 Å². The molecule has 0 bridgehead atoms. The standard InChI is InChI=1S/C25H26N2O2.2ClH/c1-2-23(27-17-15-26-16-18-27)20-13-14-24(28-21-9-5-3-6-10-21)25(19-20)29-22-11-7-4-8-12-22;;/h2-14,19,23,26H,1,15-18H2;2*1H/t23-;;/m1../s1. The fourth-order valence-corrected chi connectivity index (χ4v) is 3.56. The number of nitrogens with one attached hydrogen (secondary N) is 1. The Morgan fingerprint density at radius 3 is 1.87 bits per heavy atom. The van der Waals surface area contributed by atoms with Crippen LogP contribution in [0.3, 0.4) is 0 Å². The van der Waals surface area contributed by atoms with Crippen molar-refractivity contribution in [2.75, 3.05) is 26.2 Å². The molecule has 1 aliphatic heterocycles. The molecule has 1 saturated heterocycles. The molecule has 1 aliphatic rings. The molecule has 1 N–H and O–H groups in total. The average Bonchev–Trinajstić information content (AvgIpc) is 2.78. The number of para-hydroxylation sites is 2. The van der Waals surface area contributed by atoms with E-state index in [1.54, 1.807) is 0 Å². The first kappa shape index (κ1) is 24.8. The van der Waals surface area contributed by atoms with E-state index in [1.807, 2.05) is 72.8 Å². The van der Waals surface area contributed by atoms with Crippen LogP contribution < -0.4 is 14.8 Å². The van der Waals surface area contributed by atoms with Gasteiger partial charge in [-0.1, -0.05) is 48.5 Å². The number of benzene rings is 3. The lowest BCUT2D eigenvalue weighted by atomic mass is 10.0. The smallest absolute Gasteiger partial charge is 0.170 e. The predicted molar refractivity (Wildman–Crippen MR) is 131 cm³/mol. The van der Waals surface area contributed by atoms with Crippen molar-refractivity contribution in [3.8, 4) is 23.0 Å². The first-order valence-electron chi connectivity index (χ1n) is 10.0. The average molecular weight is 459 g/mol. The molecule has 4 rings (SSSR count). The molecule has 6 heteroatoms. The first-order chi connectivity index (χ1) is 14.3. The van der Waals surface area contributed by atoms with Gasteiger partial charge < -0.3 is 14.8 Å². The largest absolute Gasteiger partial charge is 0.453 e. The van der Waals surface area contributed by atoms with Crippen molar-refractivity contribution >= 4 is 24.8 Å². The highest BCUT2D eigenvalue weighted by atomic mass is 35.5. The zero-order valence-corrected chi connectivity index (χ0v) is 18.9. The normalized spacial score (nSPS) is 14.5. The maximum absolute atomic E-state index is 6.21. The topological polar surface area (TPSA) is 33.7 Å². The lowest BCUT2D eigenvalue weighted by Crippen LogP contribution is -2.44. The number of halogens is 2. The SMILES string of the molecule is C=C[C@H](c1ccc(Oc2ccccc2)c(Oc2ccccc2)c1)N1CCNCC1.Cl.Cl. The van der Waals surface area contributed by atoms with Gasteiger partial charge in [0.2, 0.25) is 0 Å². The van der Waals surface area contributed by atoms with Crippen LogP contribution in [-0.2, 0) is 0 Å². The number of ether oxygens (including phenoxy) is 2. The third kappa shape index (κ3) is 6.49. The maximum atomic E-state index is 6.21. The number of piperazine rings is 1. The van der Waals surface area contributed by atoms with Crippen LogP contribution in [0.4, 0.5) is 0 Å². The van der Waals surface area contributed by atoms with Crippen LogP contribution in [0.2, 0.25) is 0 Å². The van der Waals surface area contributed by atoms with Crippen LogP contribution in [0.1, 0.15) is 11.6 Å². The summed E-state index contributed by atoms with van der Waals surface area (Å²) in [5.74, 6) is 2.94. The summed E-state index contributed by atoms with van der Waals surface area (Å²) in [6, 6.07) is 25.8. The molecule has 0 aliphatic carbocycles. The highest BCUT2D eigenvalue weighted by Crippen LogP contribution is 2.38. The number of hydrogen-bond donors (Lipinski definition) is 1. The number of nitrogens with zero attached hydrogens (tertiary/aromatic N) is 1. The van der Waals surface area contributed by atoms with Crippen molar-refractivity contribution in [1.29, 1.82) is 0 Å². The van der Waals surface area contributed by atoms with Gasteiger partial charge in [-0.15, -0.1) is 31.4 Å². The van der Waals surface area contributed by atoms with E-state index in [9.17, 15) is 0 Å². The molecule has 0 saturated carbocycles. The minimum Gasteiger partial charge on any atom is -0.453 e. The molecule has 1 heterocycles. The summed E-state index contributed by atoms with van der Waals surface area (Å²) in [5.41, 5.74) is 1.15. The van der Waals surface area contributed by atoms with E-state index in [1.165, 1.54) is 0 Å². The molecule has 0 amide bonds. The van der Waals surface area contributed by atoms with E-state index in [2.05, 4.69) is 28.9 Å². The number of hydrogen-bond acceptors (Lipinski definition) is 4. The minimum atomic E-state index is 0. The van der Waals surface area contributed by atoms with Crippen LogP contribution >= 0.6 is 24.8 Å². The van der Waals surface area contributed by atoms with E-state index in [-0.39, 0.29) is 30.9 Å². The molecular weight excluding hydrogens is 431 g/mol. The van der Waals surface area contributed by atoms with Crippen molar-refractivity contribution in [3.05, 3.63) is 97.1 Å². The second kappa shape index (κ2) is 12.4. The first-order valence-corrected chi connectivity index (χ1v) is 10.0. The maximum Gasteiger partial charge on any atom is 0.170 e. The molecule has 0 radical (unpaired) electrons. The summed E-state index contributed by atoms with van der Waals surface area (Å²) in [6.07, 6.45) is 2.00. The fraction of sp³-hybridized carbons (Fsp3) is 0.200. The number of rotatable bonds is 7. The van der Waals surface area contributed by atoms with Gasteiger partial charge in [-0.3, -0.25) is 4.90 Å². The molecule has 4 nitrogen and oxygen atoms in total. The second-order valence-corrected chi connectivity index (χ2v) is 7.00. The van der Waals surface area contributed by atoms with Gasteiger partial charge in [-0.25, -0.2) is 0 Å². The molecule has 1 fully saturated rings. The van der Waals surface area contributed by atoms with Crippen molar-refractivity contribution < 1.29 is 9.47 Å². The lowest BCUT2D eigenvalue weighted by molar-refractivity contribution is 0.203. The van der Waals surface area contributed by atoms with Gasteiger partial charge in [0.1, 0.15) is 11.5 Å². The highest BCUT2D eigenvalue weighted by Gasteiger charge is 2.21. The van der Waals surface area contributed by atoms with Crippen LogP contribution in [0.5, 0.6) is 23.0 Å². The fourth-order valence-electron chi connectivity index (χ4n) is 3.56. The Morgan fingerprint density at radius 1 is 0.774 bits per heavy atom. The quantitative estimate of drug-likeness (QED) is 0.424. The molecule has 3 aromatic carbocycles. The van der Waals surface area contributed by atoms with E-state index in [0.29, 0.717) is 11.5 Å². The van der Waals surface area contributed by atoms with Gasteiger partial charge in [-0.05, 0) is 42.0 Å². The van der Waals surface area contributed by atoms with Gasteiger partial charge in [0, 0.05) is 26.2 Å². The van der Waals surface area contributed by atoms with Crippen molar-refractivity contribution in [1.82, 2.24) is 10.2 Å². The zero-order chi connectivity index (χ0) is 19.9. The summed E-state index contributed by atoms with van der Waals surface area (Å²) >= 11 is 0. The predicted octanol–water partition coefficient (Wildman–Crippen LogP) is 6.25. The summed E-state index contributed by atoms with van der Waals surface area (Å²) in [4.78, 5) is 2.43. The Kier molecular flexibility index (Phi) is 9.89. The van der Waals surface area contributed by atoms with E-state index in [4.69, 9.17) is 9.47 Å². The molecule has 1 atom stereocenters. The summed E-state index contributed by atoms with van der Waals surface area (Å²) in [6.45, 7) is 8.06. The molecule has 0 spiro atoms. The van der Waals surface area contributed by atoms with Gasteiger partial charge in [0.05, 0.1) is 6.04 Å². The third-order valence-corrected chi connectivity index (χ3v) is 5.02. The van der Waals surface area contributed by atoms with Crippen LogP contribution in [0.25, 0.3) is 0 Å².